The Bertz CT molecular complexity index is 1540. The van der Waals surface area contributed by atoms with E-state index in [1.54, 1.807) is 64.4 Å². The molecule has 4 aromatic carbocycles. The monoisotopic (exact) mass is 512 g/mol. The van der Waals surface area contributed by atoms with Gasteiger partial charge in [0.2, 0.25) is 0 Å². The summed E-state index contributed by atoms with van der Waals surface area (Å²) in [7, 11) is -1.58. The van der Waals surface area contributed by atoms with Crippen LogP contribution in [0.2, 0.25) is 5.02 Å². The molecule has 0 aliphatic carbocycles. The van der Waals surface area contributed by atoms with Gasteiger partial charge in [-0.2, -0.15) is 0 Å². The molecule has 36 heavy (non-hydrogen) atoms. The first-order valence-corrected chi connectivity index (χ1v) is 13.1. The van der Waals surface area contributed by atoms with E-state index in [0.29, 0.717) is 44.7 Å². The molecule has 0 fully saturated rings. The van der Waals surface area contributed by atoms with Crippen molar-refractivity contribution >= 4 is 39.9 Å². The Morgan fingerprint density at radius 3 is 2.31 bits per heavy atom. The first-order valence-electron chi connectivity index (χ1n) is 11.6. The van der Waals surface area contributed by atoms with Gasteiger partial charge in [0.25, 0.3) is 11.8 Å². The van der Waals surface area contributed by atoms with Crippen LogP contribution in [0.15, 0.2) is 101 Å². The highest BCUT2D eigenvalue weighted by Gasteiger charge is 2.32. The zero-order valence-electron chi connectivity index (χ0n) is 19.2. The zero-order chi connectivity index (χ0) is 24.8. The third kappa shape index (κ3) is 3.92. The number of rotatable bonds is 3. The summed E-state index contributed by atoms with van der Waals surface area (Å²) < 4.78 is 13.6. The quantitative estimate of drug-likeness (QED) is 0.347. The fourth-order valence-electron chi connectivity index (χ4n) is 4.83. The minimum absolute atomic E-state index is 0.128. The van der Waals surface area contributed by atoms with Crippen LogP contribution in [0.5, 0.6) is 0 Å². The number of hydrogen-bond acceptors (Lipinski definition) is 3. The van der Waals surface area contributed by atoms with Gasteiger partial charge in [-0.3, -0.25) is 9.59 Å². The molecule has 178 valence electrons. The first-order chi connectivity index (χ1) is 17.5. The summed E-state index contributed by atoms with van der Waals surface area (Å²) >= 11 is 6.21. The van der Waals surface area contributed by atoms with E-state index in [1.165, 1.54) is 0 Å². The van der Waals surface area contributed by atoms with Crippen LogP contribution in [0, 0.1) is 0 Å². The zero-order valence-corrected chi connectivity index (χ0v) is 20.8. The highest BCUT2D eigenvalue weighted by atomic mass is 35.5. The van der Waals surface area contributed by atoms with Crippen LogP contribution in [0.3, 0.4) is 0 Å². The predicted molar refractivity (Wildman–Crippen MR) is 140 cm³/mol. The minimum Gasteiger partial charge on any atom is -0.330 e. The van der Waals surface area contributed by atoms with Crippen molar-refractivity contribution in [3.63, 3.8) is 0 Å². The summed E-state index contributed by atoms with van der Waals surface area (Å²) in [6.45, 7) is 1.30. The number of anilines is 1. The molecular weight excluding hydrogens is 492 g/mol. The SMILES string of the molecule is O=C(c1ccc2c(c1)N(Cc1cccc(Cl)c1)C(=O)c1ccccc1[S@@]2=O)N1Cc2ccccc2C1. The van der Waals surface area contributed by atoms with Gasteiger partial charge in [-0.05, 0) is 59.2 Å². The fourth-order valence-corrected chi connectivity index (χ4v) is 6.39. The Morgan fingerprint density at radius 2 is 1.56 bits per heavy atom. The van der Waals surface area contributed by atoms with Crippen molar-refractivity contribution in [1.82, 2.24) is 4.90 Å². The molecule has 2 aliphatic rings. The molecule has 4 aromatic rings. The summed E-state index contributed by atoms with van der Waals surface area (Å²) in [5.74, 6) is -0.396. The Kier molecular flexibility index (Phi) is 5.70. The highest BCUT2D eigenvalue weighted by molar-refractivity contribution is 7.85. The lowest BCUT2D eigenvalue weighted by atomic mass is 10.1. The summed E-state index contributed by atoms with van der Waals surface area (Å²) in [6, 6.07) is 27.4. The second-order valence-electron chi connectivity index (χ2n) is 8.90. The van der Waals surface area contributed by atoms with Gasteiger partial charge in [0.15, 0.2) is 0 Å². The number of nitrogens with zero attached hydrogens (tertiary/aromatic N) is 2. The van der Waals surface area contributed by atoms with Crippen molar-refractivity contribution in [2.24, 2.45) is 0 Å². The fraction of sp³-hybridized carbons (Fsp3) is 0.103. The van der Waals surface area contributed by atoms with Crippen molar-refractivity contribution in [2.75, 3.05) is 4.90 Å². The first kappa shape index (κ1) is 22.7. The maximum absolute atomic E-state index is 13.8. The second-order valence-corrected chi connectivity index (χ2v) is 10.8. The number of carbonyl (C=O) groups excluding carboxylic acids is 2. The van der Waals surface area contributed by atoms with Gasteiger partial charge in [0.1, 0.15) is 0 Å². The smallest absolute Gasteiger partial charge is 0.259 e. The van der Waals surface area contributed by atoms with E-state index in [9.17, 15) is 13.8 Å². The predicted octanol–water partition coefficient (Wildman–Crippen LogP) is 5.82. The standard InChI is InChI=1S/C29H21ClN2O3S/c30-23-9-5-6-19(14-23)16-32-25-15-20(28(33)31-17-21-7-1-2-8-22(21)18-31)12-13-27(25)36(35)26-11-4-3-10-24(26)29(32)34/h1-15H,16-18H2/t36-/m0/s1. The van der Waals surface area contributed by atoms with Gasteiger partial charge < -0.3 is 9.80 Å². The Labute approximate surface area is 216 Å². The summed E-state index contributed by atoms with van der Waals surface area (Å²) in [5, 5.41) is 0.566. The van der Waals surface area contributed by atoms with Crippen molar-refractivity contribution in [2.45, 2.75) is 29.4 Å². The Balaban J connectivity index is 1.43. The molecule has 5 nitrogen and oxygen atoms in total. The van der Waals surface area contributed by atoms with Crippen molar-refractivity contribution in [3.05, 3.63) is 124 Å². The van der Waals surface area contributed by atoms with Gasteiger partial charge >= 0.3 is 0 Å². The Hall–Kier alpha value is -3.74. The average molecular weight is 513 g/mol. The minimum atomic E-state index is -1.58. The topological polar surface area (TPSA) is 57.7 Å². The third-order valence-corrected chi connectivity index (χ3v) is 8.35. The molecule has 1 atom stereocenters. The van der Waals surface area contributed by atoms with Gasteiger partial charge in [-0.15, -0.1) is 0 Å². The molecule has 0 bridgehead atoms. The molecule has 0 saturated heterocycles. The number of amides is 2. The van der Waals surface area contributed by atoms with Crippen LogP contribution in [0.25, 0.3) is 0 Å². The lowest BCUT2D eigenvalue weighted by molar-refractivity contribution is 0.0751. The van der Waals surface area contributed by atoms with Crippen LogP contribution in [0.1, 0.15) is 37.4 Å². The van der Waals surface area contributed by atoms with Crippen molar-refractivity contribution in [1.29, 1.82) is 0 Å². The van der Waals surface area contributed by atoms with E-state index >= 15 is 0 Å². The lowest BCUT2D eigenvalue weighted by Crippen LogP contribution is -2.31. The van der Waals surface area contributed by atoms with E-state index in [2.05, 4.69) is 0 Å². The number of benzene rings is 4. The summed E-state index contributed by atoms with van der Waals surface area (Å²) in [5.41, 5.74) is 4.41. The van der Waals surface area contributed by atoms with E-state index in [4.69, 9.17) is 11.6 Å². The van der Waals surface area contributed by atoms with Crippen LogP contribution in [0.4, 0.5) is 5.69 Å². The average Bonchev–Trinajstić information content (AvgIpc) is 3.32. The lowest BCUT2D eigenvalue weighted by Gasteiger charge is -2.24. The maximum atomic E-state index is 13.8. The van der Waals surface area contributed by atoms with Gasteiger partial charge in [0, 0.05) is 23.7 Å². The molecule has 0 N–H and O–H groups in total. The molecule has 0 saturated carbocycles. The molecule has 2 amide bonds. The van der Waals surface area contributed by atoms with E-state index in [1.807, 2.05) is 36.4 Å². The van der Waals surface area contributed by atoms with E-state index < -0.39 is 10.8 Å². The second kappa shape index (κ2) is 9.04. The molecule has 7 heteroatoms. The van der Waals surface area contributed by atoms with Crippen LogP contribution in [-0.2, 0) is 30.4 Å². The molecule has 0 spiro atoms. The number of fused-ring (bicyclic) bond motifs is 3. The van der Waals surface area contributed by atoms with Crippen LogP contribution < -0.4 is 4.90 Å². The van der Waals surface area contributed by atoms with Gasteiger partial charge in [0.05, 0.1) is 38.4 Å². The van der Waals surface area contributed by atoms with Crippen molar-refractivity contribution in [3.8, 4) is 0 Å². The van der Waals surface area contributed by atoms with E-state index in [-0.39, 0.29) is 18.4 Å². The molecule has 2 aliphatic heterocycles. The number of halogens is 1. The van der Waals surface area contributed by atoms with Crippen LogP contribution >= 0.6 is 11.6 Å². The summed E-state index contributed by atoms with van der Waals surface area (Å²) in [6.07, 6.45) is 0. The molecule has 6 rings (SSSR count). The molecular formula is C29H21ClN2O3S. The third-order valence-electron chi connectivity index (χ3n) is 6.62. The number of hydrogen-bond donors (Lipinski definition) is 0. The molecule has 0 radical (unpaired) electrons. The maximum Gasteiger partial charge on any atom is 0.259 e. The number of carbonyl (C=O) groups is 2. The summed E-state index contributed by atoms with van der Waals surface area (Å²) in [4.78, 5) is 31.6. The molecule has 0 aromatic heterocycles. The Morgan fingerprint density at radius 1 is 0.833 bits per heavy atom. The van der Waals surface area contributed by atoms with Gasteiger partial charge in [-0.25, -0.2) is 4.21 Å². The van der Waals surface area contributed by atoms with Crippen molar-refractivity contribution < 1.29 is 13.8 Å². The normalized spacial score (nSPS) is 16.2. The van der Waals surface area contributed by atoms with E-state index in [0.717, 1.165) is 16.7 Å². The molecule has 0 unspecified atom stereocenters. The highest BCUT2D eigenvalue weighted by Crippen LogP contribution is 2.37. The van der Waals surface area contributed by atoms with Crippen LogP contribution in [-0.4, -0.2) is 20.9 Å². The molecule has 2 heterocycles. The van der Waals surface area contributed by atoms with Gasteiger partial charge in [-0.1, -0.05) is 60.1 Å². The largest absolute Gasteiger partial charge is 0.330 e.